The van der Waals surface area contributed by atoms with Crippen LogP contribution in [-0.4, -0.2) is 74.6 Å². The van der Waals surface area contributed by atoms with Gasteiger partial charge < -0.3 is 19.7 Å². The molecule has 1 N–H and O–H groups in total. The average Bonchev–Trinajstić information content (AvgIpc) is 3.09. The third-order valence-corrected chi connectivity index (χ3v) is 6.21. The summed E-state index contributed by atoms with van der Waals surface area (Å²) in [5.41, 5.74) is 1.66. The standard InChI is InChI=1S/C25H32ClN3O4/c1-18(24(30)27-11-10-19-8-9-22(32-2)23(16-19)33-3)28-12-5-13-29(15-14-28)25(31)20-6-4-7-21(26)17-20/h4,6-9,16-18H,5,10-15H2,1-3H3,(H,27,30). The van der Waals surface area contributed by atoms with Gasteiger partial charge in [0.2, 0.25) is 5.91 Å². The van der Waals surface area contributed by atoms with Crippen LogP contribution in [0.5, 0.6) is 11.5 Å². The Morgan fingerprint density at radius 1 is 1.03 bits per heavy atom. The Balaban J connectivity index is 1.49. The lowest BCUT2D eigenvalue weighted by Crippen LogP contribution is -2.47. The number of amides is 2. The van der Waals surface area contributed by atoms with Crippen LogP contribution < -0.4 is 14.8 Å². The van der Waals surface area contributed by atoms with Crippen LogP contribution in [0.2, 0.25) is 5.02 Å². The molecular formula is C25H32ClN3O4. The first-order valence-corrected chi connectivity index (χ1v) is 11.6. The molecule has 1 aliphatic rings. The minimum atomic E-state index is -0.267. The molecule has 3 rings (SSSR count). The fourth-order valence-corrected chi connectivity index (χ4v) is 4.20. The van der Waals surface area contributed by atoms with Crippen molar-refractivity contribution in [2.24, 2.45) is 0 Å². The second kappa shape index (κ2) is 11.9. The zero-order valence-corrected chi connectivity index (χ0v) is 20.2. The molecule has 0 saturated carbocycles. The number of ether oxygens (including phenoxy) is 2. The van der Waals surface area contributed by atoms with Gasteiger partial charge in [0.25, 0.3) is 5.91 Å². The van der Waals surface area contributed by atoms with Crippen molar-refractivity contribution in [3.8, 4) is 11.5 Å². The van der Waals surface area contributed by atoms with E-state index < -0.39 is 0 Å². The van der Waals surface area contributed by atoms with Gasteiger partial charge in [0.05, 0.1) is 20.3 Å². The van der Waals surface area contributed by atoms with E-state index in [9.17, 15) is 9.59 Å². The molecule has 33 heavy (non-hydrogen) atoms. The molecular weight excluding hydrogens is 442 g/mol. The Labute approximate surface area is 200 Å². The smallest absolute Gasteiger partial charge is 0.253 e. The van der Waals surface area contributed by atoms with Crippen molar-refractivity contribution in [2.75, 3.05) is 46.9 Å². The van der Waals surface area contributed by atoms with E-state index in [1.165, 1.54) is 0 Å². The van der Waals surface area contributed by atoms with E-state index in [1.54, 1.807) is 38.5 Å². The highest BCUT2D eigenvalue weighted by Crippen LogP contribution is 2.27. The minimum Gasteiger partial charge on any atom is -0.493 e. The quantitative estimate of drug-likeness (QED) is 0.637. The number of halogens is 1. The van der Waals surface area contributed by atoms with E-state index >= 15 is 0 Å². The minimum absolute atomic E-state index is 0.00917. The zero-order valence-electron chi connectivity index (χ0n) is 19.5. The monoisotopic (exact) mass is 473 g/mol. The number of hydrogen-bond acceptors (Lipinski definition) is 5. The molecule has 1 saturated heterocycles. The first kappa shape index (κ1) is 24.9. The van der Waals surface area contributed by atoms with Crippen LogP contribution in [0.1, 0.15) is 29.3 Å². The van der Waals surface area contributed by atoms with Crippen molar-refractivity contribution < 1.29 is 19.1 Å². The summed E-state index contributed by atoms with van der Waals surface area (Å²) < 4.78 is 10.6. The number of nitrogens with zero attached hydrogens (tertiary/aromatic N) is 2. The number of methoxy groups -OCH3 is 2. The van der Waals surface area contributed by atoms with Gasteiger partial charge in [-0.25, -0.2) is 0 Å². The summed E-state index contributed by atoms with van der Waals surface area (Å²) >= 11 is 6.03. The maximum atomic E-state index is 12.8. The highest BCUT2D eigenvalue weighted by atomic mass is 35.5. The Kier molecular flexibility index (Phi) is 8.97. The highest BCUT2D eigenvalue weighted by molar-refractivity contribution is 6.30. The van der Waals surface area contributed by atoms with Crippen molar-refractivity contribution in [1.82, 2.24) is 15.1 Å². The number of carbonyl (C=O) groups excluding carboxylic acids is 2. The van der Waals surface area contributed by atoms with Crippen LogP contribution in [0, 0.1) is 0 Å². The zero-order chi connectivity index (χ0) is 23.8. The van der Waals surface area contributed by atoms with Crippen LogP contribution in [-0.2, 0) is 11.2 Å². The molecule has 1 fully saturated rings. The largest absolute Gasteiger partial charge is 0.493 e. The number of benzene rings is 2. The van der Waals surface area contributed by atoms with E-state index in [-0.39, 0.29) is 17.9 Å². The predicted molar refractivity (Wildman–Crippen MR) is 129 cm³/mol. The Morgan fingerprint density at radius 3 is 2.55 bits per heavy atom. The molecule has 7 nitrogen and oxygen atoms in total. The van der Waals surface area contributed by atoms with Gasteiger partial charge in [-0.3, -0.25) is 14.5 Å². The van der Waals surface area contributed by atoms with Gasteiger partial charge in [0, 0.05) is 43.3 Å². The lowest BCUT2D eigenvalue weighted by atomic mass is 10.1. The van der Waals surface area contributed by atoms with E-state index in [4.69, 9.17) is 21.1 Å². The average molecular weight is 474 g/mol. The van der Waals surface area contributed by atoms with Gasteiger partial charge in [0.15, 0.2) is 11.5 Å². The van der Waals surface area contributed by atoms with E-state index in [0.29, 0.717) is 54.7 Å². The summed E-state index contributed by atoms with van der Waals surface area (Å²) in [6.07, 6.45) is 1.51. The molecule has 1 heterocycles. The molecule has 178 valence electrons. The lowest BCUT2D eigenvalue weighted by Gasteiger charge is -2.27. The molecule has 2 aromatic carbocycles. The molecule has 1 atom stereocenters. The molecule has 0 aliphatic carbocycles. The first-order chi connectivity index (χ1) is 15.9. The van der Waals surface area contributed by atoms with Crippen molar-refractivity contribution in [2.45, 2.75) is 25.8 Å². The van der Waals surface area contributed by atoms with E-state index in [2.05, 4.69) is 10.2 Å². The maximum absolute atomic E-state index is 12.8. The topological polar surface area (TPSA) is 71.1 Å². The second-order valence-electron chi connectivity index (χ2n) is 8.10. The molecule has 0 radical (unpaired) electrons. The molecule has 1 aliphatic heterocycles. The lowest BCUT2D eigenvalue weighted by molar-refractivity contribution is -0.125. The third kappa shape index (κ3) is 6.62. The summed E-state index contributed by atoms with van der Waals surface area (Å²) in [6, 6.07) is 12.5. The van der Waals surface area contributed by atoms with Gasteiger partial charge in [-0.1, -0.05) is 23.7 Å². The van der Waals surface area contributed by atoms with Gasteiger partial charge in [0.1, 0.15) is 0 Å². The van der Waals surface area contributed by atoms with Gasteiger partial charge >= 0.3 is 0 Å². The van der Waals surface area contributed by atoms with Crippen LogP contribution >= 0.6 is 11.6 Å². The number of carbonyl (C=O) groups is 2. The highest BCUT2D eigenvalue weighted by Gasteiger charge is 2.26. The number of nitrogens with one attached hydrogen (secondary N) is 1. The molecule has 1 unspecified atom stereocenters. The first-order valence-electron chi connectivity index (χ1n) is 11.2. The molecule has 0 spiro atoms. The molecule has 2 amide bonds. The fourth-order valence-electron chi connectivity index (χ4n) is 4.01. The number of hydrogen-bond donors (Lipinski definition) is 1. The van der Waals surface area contributed by atoms with Crippen LogP contribution in [0.4, 0.5) is 0 Å². The SMILES string of the molecule is COc1ccc(CCNC(=O)C(C)N2CCCN(C(=O)c3cccc(Cl)c3)CC2)cc1OC. The summed E-state index contributed by atoms with van der Waals surface area (Å²) in [4.78, 5) is 29.6. The van der Waals surface area contributed by atoms with Gasteiger partial charge in [-0.05, 0) is 55.7 Å². The number of rotatable bonds is 8. The van der Waals surface area contributed by atoms with Crippen LogP contribution in [0.15, 0.2) is 42.5 Å². The second-order valence-corrected chi connectivity index (χ2v) is 8.53. The van der Waals surface area contributed by atoms with Crippen molar-refractivity contribution >= 4 is 23.4 Å². The van der Waals surface area contributed by atoms with Crippen LogP contribution in [0.25, 0.3) is 0 Å². The summed E-state index contributed by atoms with van der Waals surface area (Å²) in [5, 5.41) is 3.58. The summed E-state index contributed by atoms with van der Waals surface area (Å²) in [6.45, 7) is 5.11. The Morgan fingerprint density at radius 2 is 1.82 bits per heavy atom. The van der Waals surface area contributed by atoms with Crippen molar-refractivity contribution in [3.05, 3.63) is 58.6 Å². The Hall–Kier alpha value is -2.77. The fraction of sp³-hybridized carbons (Fsp3) is 0.440. The van der Waals surface area contributed by atoms with E-state index in [1.807, 2.05) is 30.0 Å². The molecule has 2 aromatic rings. The van der Waals surface area contributed by atoms with Gasteiger partial charge in [-0.2, -0.15) is 0 Å². The molecule has 0 bridgehead atoms. The summed E-state index contributed by atoms with van der Waals surface area (Å²) in [5.74, 6) is 1.33. The summed E-state index contributed by atoms with van der Waals surface area (Å²) in [7, 11) is 3.21. The Bertz CT molecular complexity index is 968. The normalized spacial score (nSPS) is 15.5. The van der Waals surface area contributed by atoms with Crippen LogP contribution in [0.3, 0.4) is 0 Å². The van der Waals surface area contributed by atoms with Gasteiger partial charge in [-0.15, -0.1) is 0 Å². The molecule has 8 heteroatoms. The predicted octanol–water partition coefficient (Wildman–Crippen LogP) is 3.25. The molecule has 0 aromatic heterocycles. The van der Waals surface area contributed by atoms with Crippen molar-refractivity contribution in [3.63, 3.8) is 0 Å². The van der Waals surface area contributed by atoms with E-state index in [0.717, 1.165) is 18.5 Å². The maximum Gasteiger partial charge on any atom is 0.253 e. The third-order valence-electron chi connectivity index (χ3n) is 5.98. The van der Waals surface area contributed by atoms with Crippen molar-refractivity contribution in [1.29, 1.82) is 0 Å².